The molecule has 2 N–H and O–H groups in total. The maximum atomic E-state index is 12.3. The third-order valence-corrected chi connectivity index (χ3v) is 3.36. The fraction of sp³-hybridized carbons (Fsp3) is 0.857. The summed E-state index contributed by atoms with van der Waals surface area (Å²) in [7, 11) is 3.91. The quantitative estimate of drug-likeness (QED) is 0.545. The third-order valence-electron chi connectivity index (χ3n) is 3.36. The van der Waals surface area contributed by atoms with Crippen LogP contribution in [-0.2, 0) is 14.3 Å². The molecule has 130 valence electrons. The fourth-order valence-electron chi connectivity index (χ4n) is 2.17. The van der Waals surface area contributed by atoms with E-state index in [2.05, 4.69) is 10.6 Å². The molecule has 0 spiro atoms. The zero-order valence-electron chi connectivity index (χ0n) is 13.8. The number of hydrogen-bond donors (Lipinski definition) is 2. The van der Waals surface area contributed by atoms with Gasteiger partial charge in [0.2, 0.25) is 11.8 Å². The number of rotatable bonds is 9. The lowest BCUT2D eigenvalue weighted by Gasteiger charge is -2.32. The number of nitrogens with zero attached hydrogens (tertiary/aromatic N) is 2. The largest absolute Gasteiger partial charge is 0.380 e. The van der Waals surface area contributed by atoms with Gasteiger partial charge in [-0.1, -0.05) is 0 Å². The van der Waals surface area contributed by atoms with E-state index in [9.17, 15) is 9.59 Å². The van der Waals surface area contributed by atoms with Gasteiger partial charge >= 0.3 is 0 Å². The van der Waals surface area contributed by atoms with Gasteiger partial charge in [-0.25, -0.2) is 0 Å². The van der Waals surface area contributed by atoms with Gasteiger partial charge in [-0.2, -0.15) is 0 Å². The first kappa shape index (κ1) is 21.1. The van der Waals surface area contributed by atoms with Crippen LogP contribution < -0.4 is 10.6 Å². The lowest BCUT2D eigenvalue weighted by Crippen LogP contribution is -2.56. The molecule has 0 saturated carbocycles. The lowest BCUT2D eigenvalue weighted by molar-refractivity contribution is -0.138. The molecular weight excluding hydrogens is 308 g/mol. The molecule has 2 amide bonds. The van der Waals surface area contributed by atoms with E-state index in [4.69, 9.17) is 4.74 Å². The summed E-state index contributed by atoms with van der Waals surface area (Å²) in [6.45, 7) is 6.49. The second kappa shape index (κ2) is 11.6. The van der Waals surface area contributed by atoms with Gasteiger partial charge in [-0.15, -0.1) is 12.4 Å². The van der Waals surface area contributed by atoms with Crippen molar-refractivity contribution < 1.29 is 14.3 Å². The molecule has 1 heterocycles. The van der Waals surface area contributed by atoms with Crippen LogP contribution in [0.5, 0.6) is 0 Å². The van der Waals surface area contributed by atoms with Crippen molar-refractivity contribution in [2.24, 2.45) is 0 Å². The van der Waals surface area contributed by atoms with Crippen molar-refractivity contribution in [2.75, 3.05) is 60.0 Å². The Morgan fingerprint density at radius 1 is 1.50 bits per heavy atom. The summed E-state index contributed by atoms with van der Waals surface area (Å²) >= 11 is 0. The van der Waals surface area contributed by atoms with E-state index >= 15 is 0 Å². The van der Waals surface area contributed by atoms with E-state index in [0.29, 0.717) is 39.4 Å². The van der Waals surface area contributed by atoms with Crippen LogP contribution in [0.4, 0.5) is 0 Å². The highest BCUT2D eigenvalue weighted by molar-refractivity contribution is 5.88. The van der Waals surface area contributed by atoms with Crippen molar-refractivity contribution in [3.8, 4) is 0 Å². The highest BCUT2D eigenvalue weighted by atomic mass is 35.5. The maximum absolute atomic E-state index is 12.3. The molecule has 7 nitrogen and oxygen atoms in total. The minimum Gasteiger partial charge on any atom is -0.380 e. The standard InChI is InChI=1S/C14H28N4O3.ClH/c1-4-21-10-9-18-8-6-15-12(14(18)20)11-13(19)16-5-7-17(2)3;/h12,15H,4-11H2,1-3H3,(H,16,19);1H. The molecule has 1 fully saturated rings. The zero-order chi connectivity index (χ0) is 15.7. The Morgan fingerprint density at radius 2 is 2.23 bits per heavy atom. The number of carbonyl (C=O) groups is 2. The first-order chi connectivity index (χ1) is 10.0. The molecule has 0 aromatic heterocycles. The molecule has 0 aliphatic carbocycles. The van der Waals surface area contributed by atoms with Gasteiger partial charge < -0.3 is 25.2 Å². The first-order valence-corrected chi connectivity index (χ1v) is 7.56. The number of piperazine rings is 1. The number of likely N-dealkylation sites (N-methyl/N-ethyl adjacent to an activating group) is 1. The number of nitrogens with one attached hydrogen (secondary N) is 2. The summed E-state index contributed by atoms with van der Waals surface area (Å²) in [5.41, 5.74) is 0. The predicted molar refractivity (Wildman–Crippen MR) is 88.3 cm³/mol. The number of carbonyl (C=O) groups excluding carboxylic acids is 2. The molecule has 0 aromatic carbocycles. The Hall–Kier alpha value is -0.890. The van der Waals surface area contributed by atoms with Crippen LogP contribution in [0.15, 0.2) is 0 Å². The van der Waals surface area contributed by atoms with Crippen molar-refractivity contribution in [1.82, 2.24) is 20.4 Å². The highest BCUT2D eigenvalue weighted by Gasteiger charge is 2.29. The van der Waals surface area contributed by atoms with Crippen LogP contribution in [0.3, 0.4) is 0 Å². The Bertz CT molecular complexity index is 342. The third kappa shape index (κ3) is 7.93. The van der Waals surface area contributed by atoms with Crippen LogP contribution >= 0.6 is 12.4 Å². The fourth-order valence-corrected chi connectivity index (χ4v) is 2.17. The summed E-state index contributed by atoms with van der Waals surface area (Å²) in [5.74, 6) is -0.0990. The average Bonchev–Trinajstić information content (AvgIpc) is 2.42. The SMILES string of the molecule is CCOCCN1CCNC(CC(=O)NCCN(C)C)C1=O.Cl. The predicted octanol–water partition coefficient (Wildman–Crippen LogP) is -0.687. The molecule has 1 atom stereocenters. The summed E-state index contributed by atoms with van der Waals surface area (Å²) in [6.07, 6.45) is 0.192. The van der Waals surface area contributed by atoms with Gasteiger partial charge in [-0.3, -0.25) is 9.59 Å². The van der Waals surface area contributed by atoms with Crippen molar-refractivity contribution in [3.63, 3.8) is 0 Å². The van der Waals surface area contributed by atoms with E-state index in [0.717, 1.165) is 6.54 Å². The monoisotopic (exact) mass is 336 g/mol. The van der Waals surface area contributed by atoms with Crippen LogP contribution in [0.1, 0.15) is 13.3 Å². The highest BCUT2D eigenvalue weighted by Crippen LogP contribution is 2.05. The van der Waals surface area contributed by atoms with Crippen molar-refractivity contribution >= 4 is 24.2 Å². The topological polar surface area (TPSA) is 73.9 Å². The molecule has 0 radical (unpaired) electrons. The van der Waals surface area contributed by atoms with Gasteiger partial charge in [-0.05, 0) is 21.0 Å². The zero-order valence-corrected chi connectivity index (χ0v) is 14.6. The Balaban J connectivity index is 0.00000441. The Labute approximate surface area is 139 Å². The van der Waals surface area contributed by atoms with Crippen LogP contribution in [0.2, 0.25) is 0 Å². The lowest BCUT2D eigenvalue weighted by atomic mass is 10.1. The van der Waals surface area contributed by atoms with E-state index in [1.54, 1.807) is 4.90 Å². The van der Waals surface area contributed by atoms with Gasteiger partial charge in [0.25, 0.3) is 0 Å². The Morgan fingerprint density at radius 3 is 2.86 bits per heavy atom. The summed E-state index contributed by atoms with van der Waals surface area (Å²) < 4.78 is 5.28. The molecule has 22 heavy (non-hydrogen) atoms. The first-order valence-electron chi connectivity index (χ1n) is 7.56. The van der Waals surface area contributed by atoms with Crippen LogP contribution in [0, 0.1) is 0 Å². The summed E-state index contributed by atoms with van der Waals surface area (Å²) in [4.78, 5) is 27.9. The van der Waals surface area contributed by atoms with E-state index in [-0.39, 0.29) is 30.6 Å². The van der Waals surface area contributed by atoms with Gasteiger partial charge in [0, 0.05) is 39.3 Å². The second-order valence-electron chi connectivity index (χ2n) is 5.39. The molecule has 1 rings (SSSR count). The van der Waals surface area contributed by atoms with E-state index in [1.807, 2.05) is 25.9 Å². The summed E-state index contributed by atoms with van der Waals surface area (Å²) in [5, 5.41) is 5.95. The smallest absolute Gasteiger partial charge is 0.240 e. The summed E-state index contributed by atoms with van der Waals surface area (Å²) in [6, 6.07) is -0.417. The van der Waals surface area contributed by atoms with Crippen LogP contribution in [-0.4, -0.2) is 87.7 Å². The number of amides is 2. The number of halogens is 1. The van der Waals surface area contributed by atoms with E-state index in [1.165, 1.54) is 0 Å². The van der Waals surface area contributed by atoms with Crippen molar-refractivity contribution in [2.45, 2.75) is 19.4 Å². The molecule has 8 heteroatoms. The molecule has 1 aliphatic heterocycles. The minimum absolute atomic E-state index is 0. The van der Waals surface area contributed by atoms with Gasteiger partial charge in [0.1, 0.15) is 0 Å². The molecular formula is C14H29ClN4O3. The van der Waals surface area contributed by atoms with Crippen LogP contribution in [0.25, 0.3) is 0 Å². The number of hydrogen-bond acceptors (Lipinski definition) is 5. The second-order valence-corrected chi connectivity index (χ2v) is 5.39. The maximum Gasteiger partial charge on any atom is 0.240 e. The van der Waals surface area contributed by atoms with Gasteiger partial charge in [0.15, 0.2) is 0 Å². The van der Waals surface area contributed by atoms with E-state index < -0.39 is 6.04 Å². The molecule has 1 unspecified atom stereocenters. The average molecular weight is 337 g/mol. The van der Waals surface area contributed by atoms with Gasteiger partial charge in [0.05, 0.1) is 19.1 Å². The number of ether oxygens (including phenoxy) is 1. The molecule has 0 bridgehead atoms. The normalized spacial score (nSPS) is 18.3. The molecule has 1 saturated heterocycles. The van der Waals surface area contributed by atoms with Crippen molar-refractivity contribution in [3.05, 3.63) is 0 Å². The molecule has 1 aliphatic rings. The van der Waals surface area contributed by atoms with Crippen molar-refractivity contribution in [1.29, 1.82) is 0 Å². The molecule has 0 aromatic rings. The minimum atomic E-state index is -0.417. The Kier molecular flexibility index (Phi) is 11.2.